The predicted molar refractivity (Wildman–Crippen MR) is 111 cm³/mol. The van der Waals surface area contributed by atoms with Gasteiger partial charge in [0.05, 0.1) is 11.4 Å². The van der Waals surface area contributed by atoms with Gasteiger partial charge in [0.2, 0.25) is 0 Å². The number of para-hydroxylation sites is 1. The van der Waals surface area contributed by atoms with Crippen LogP contribution in [0.15, 0.2) is 60.3 Å². The van der Waals surface area contributed by atoms with Crippen molar-refractivity contribution in [3.05, 3.63) is 71.4 Å². The minimum absolute atomic E-state index is 0.0234. The highest BCUT2D eigenvalue weighted by molar-refractivity contribution is 6.12. The van der Waals surface area contributed by atoms with Crippen LogP contribution in [0.1, 0.15) is 15.9 Å². The third-order valence-electron chi connectivity index (χ3n) is 4.77. The third kappa shape index (κ3) is 4.20. The van der Waals surface area contributed by atoms with Crippen LogP contribution in [0.2, 0.25) is 0 Å². The van der Waals surface area contributed by atoms with Gasteiger partial charge in [0.25, 0.3) is 0 Å². The molecule has 0 unspecified atom stereocenters. The molecule has 0 spiro atoms. The normalized spacial score (nSPS) is 14.6. The summed E-state index contributed by atoms with van der Waals surface area (Å²) in [5, 5.41) is 26.1. The number of carbonyl (C=O) groups excluding carboxylic acids is 1. The molecule has 7 nitrogen and oxygen atoms in total. The average molecular weight is 377 g/mol. The molecule has 1 aliphatic heterocycles. The lowest BCUT2D eigenvalue weighted by Gasteiger charge is -2.38. The highest BCUT2D eigenvalue weighted by Gasteiger charge is 2.21. The fraction of sp³-hybridized carbons (Fsp3) is 0.190. The summed E-state index contributed by atoms with van der Waals surface area (Å²) < 4.78 is 0. The molecule has 0 atom stereocenters. The number of amidine groups is 1. The van der Waals surface area contributed by atoms with Crippen molar-refractivity contribution >= 4 is 23.5 Å². The van der Waals surface area contributed by atoms with E-state index < -0.39 is 0 Å². The van der Waals surface area contributed by atoms with Gasteiger partial charge in [-0.25, -0.2) is 0 Å². The highest BCUT2D eigenvalue weighted by Crippen LogP contribution is 2.21. The van der Waals surface area contributed by atoms with Gasteiger partial charge in [-0.2, -0.15) is 0 Å². The zero-order valence-corrected chi connectivity index (χ0v) is 15.4. The largest absolute Gasteiger partial charge is 0.507 e. The molecular formula is C21H23N5O2. The van der Waals surface area contributed by atoms with E-state index in [-0.39, 0.29) is 17.3 Å². The molecule has 28 heavy (non-hydrogen) atoms. The van der Waals surface area contributed by atoms with E-state index in [0.29, 0.717) is 29.9 Å². The number of phenolic OH excluding ortho intramolecular Hbond substituents is 1. The molecule has 1 aliphatic rings. The molecule has 1 saturated heterocycles. The van der Waals surface area contributed by atoms with Crippen LogP contribution < -0.4 is 10.6 Å². The molecule has 144 valence electrons. The summed E-state index contributed by atoms with van der Waals surface area (Å²) in [5.74, 6) is -0.0841. The smallest absolute Gasteiger partial charge is 0.150 e. The van der Waals surface area contributed by atoms with E-state index in [4.69, 9.17) is 16.6 Å². The number of piperazine rings is 1. The Morgan fingerprint density at radius 3 is 2.21 bits per heavy atom. The van der Waals surface area contributed by atoms with Crippen molar-refractivity contribution in [1.82, 2.24) is 4.90 Å². The second-order valence-electron chi connectivity index (χ2n) is 6.56. The van der Waals surface area contributed by atoms with E-state index in [9.17, 15) is 9.90 Å². The van der Waals surface area contributed by atoms with Crippen LogP contribution in [-0.4, -0.2) is 54.0 Å². The van der Waals surface area contributed by atoms with Crippen molar-refractivity contribution in [2.24, 2.45) is 5.73 Å². The fourth-order valence-corrected chi connectivity index (χ4v) is 3.22. The number of aromatic hydroxyl groups is 1. The molecule has 2 aromatic carbocycles. The number of phenols is 1. The average Bonchev–Trinajstić information content (AvgIpc) is 2.72. The van der Waals surface area contributed by atoms with E-state index in [2.05, 4.69) is 4.90 Å². The van der Waals surface area contributed by atoms with Gasteiger partial charge in [0, 0.05) is 43.0 Å². The topological polar surface area (TPSA) is 118 Å². The number of aldehydes is 1. The summed E-state index contributed by atoms with van der Waals surface area (Å²) in [5.41, 5.74) is 8.45. The molecule has 0 radical (unpaired) electrons. The molecule has 1 fully saturated rings. The van der Waals surface area contributed by atoms with Crippen LogP contribution in [0.3, 0.4) is 0 Å². The number of nitrogens with two attached hydrogens (primary N) is 1. The Balaban J connectivity index is 1.72. The number of carbonyl (C=O) groups is 1. The summed E-state index contributed by atoms with van der Waals surface area (Å²) in [6.07, 6.45) is 2.36. The third-order valence-corrected chi connectivity index (χ3v) is 4.77. The Hall–Kier alpha value is -3.61. The SMILES string of the molecule is N=C(N)/C(=C\C(=N)c1ccccc1O)N1CCN(c2ccc(C=O)cc2)CC1. The zero-order chi connectivity index (χ0) is 20.1. The molecule has 0 saturated carbocycles. The first-order valence-electron chi connectivity index (χ1n) is 8.97. The molecule has 3 rings (SSSR count). The van der Waals surface area contributed by atoms with Crippen LogP contribution in [0.4, 0.5) is 5.69 Å². The van der Waals surface area contributed by atoms with Gasteiger partial charge in [0.1, 0.15) is 17.9 Å². The zero-order valence-electron chi connectivity index (χ0n) is 15.4. The van der Waals surface area contributed by atoms with Gasteiger partial charge in [-0.05, 0) is 42.5 Å². The maximum atomic E-state index is 10.8. The first-order chi connectivity index (χ1) is 13.5. The lowest BCUT2D eigenvalue weighted by atomic mass is 10.1. The van der Waals surface area contributed by atoms with E-state index in [0.717, 1.165) is 25.1 Å². The lowest BCUT2D eigenvalue weighted by Crippen LogP contribution is -2.47. The molecule has 0 aromatic heterocycles. The number of hydrogen-bond donors (Lipinski definition) is 4. The van der Waals surface area contributed by atoms with Crippen LogP contribution >= 0.6 is 0 Å². The summed E-state index contributed by atoms with van der Waals surface area (Å²) in [6.45, 7) is 2.76. The number of anilines is 1. The molecule has 0 bridgehead atoms. The first kappa shape index (κ1) is 19.2. The minimum Gasteiger partial charge on any atom is -0.507 e. The van der Waals surface area contributed by atoms with Crippen molar-refractivity contribution < 1.29 is 9.90 Å². The number of hydrogen-bond acceptors (Lipinski definition) is 6. The monoisotopic (exact) mass is 377 g/mol. The number of nitrogens with one attached hydrogen (secondary N) is 2. The van der Waals surface area contributed by atoms with Gasteiger partial charge in [-0.1, -0.05) is 12.1 Å². The molecule has 0 aliphatic carbocycles. The number of allylic oxidation sites excluding steroid dienone is 1. The minimum atomic E-state index is -0.107. The van der Waals surface area contributed by atoms with Crippen molar-refractivity contribution in [2.75, 3.05) is 31.1 Å². The summed E-state index contributed by atoms with van der Waals surface area (Å²) >= 11 is 0. The predicted octanol–water partition coefficient (Wildman–Crippen LogP) is 2.21. The Morgan fingerprint density at radius 1 is 1.00 bits per heavy atom. The summed E-state index contributed by atoms with van der Waals surface area (Å²) in [6, 6.07) is 14.1. The van der Waals surface area contributed by atoms with Crippen molar-refractivity contribution in [3.63, 3.8) is 0 Å². The van der Waals surface area contributed by atoms with Gasteiger partial charge in [-0.15, -0.1) is 0 Å². The van der Waals surface area contributed by atoms with E-state index in [1.165, 1.54) is 12.1 Å². The molecule has 7 heteroatoms. The van der Waals surface area contributed by atoms with Gasteiger partial charge in [-0.3, -0.25) is 10.2 Å². The number of nitrogens with zero attached hydrogens (tertiary/aromatic N) is 2. The van der Waals surface area contributed by atoms with Crippen molar-refractivity contribution in [1.29, 1.82) is 10.8 Å². The summed E-state index contributed by atoms with van der Waals surface area (Å²) in [4.78, 5) is 15.0. The Kier molecular flexibility index (Phi) is 5.74. The van der Waals surface area contributed by atoms with Crippen molar-refractivity contribution in [3.8, 4) is 5.75 Å². The standard InChI is InChI=1S/C21H23N5O2/c22-18(17-3-1-2-4-20(17)28)13-19(21(23)24)26-11-9-25(10-12-26)16-7-5-15(14-27)6-8-16/h1-8,13-14,22,28H,9-12H2,(H3,23,24)/b19-13+,22-18?. The van der Waals surface area contributed by atoms with E-state index in [1.54, 1.807) is 30.3 Å². The first-order valence-corrected chi connectivity index (χ1v) is 8.97. The van der Waals surface area contributed by atoms with Gasteiger partial charge < -0.3 is 26.0 Å². The van der Waals surface area contributed by atoms with Gasteiger partial charge >= 0.3 is 0 Å². The Bertz CT molecular complexity index is 913. The maximum absolute atomic E-state index is 10.8. The van der Waals surface area contributed by atoms with Gasteiger partial charge in [0.15, 0.2) is 0 Å². The highest BCUT2D eigenvalue weighted by atomic mass is 16.3. The maximum Gasteiger partial charge on any atom is 0.150 e. The summed E-state index contributed by atoms with van der Waals surface area (Å²) in [7, 11) is 0. The molecule has 0 amide bonds. The quantitative estimate of drug-likeness (QED) is 0.350. The second-order valence-corrected chi connectivity index (χ2v) is 6.56. The second kappa shape index (κ2) is 8.39. The lowest BCUT2D eigenvalue weighted by molar-refractivity contribution is 0.112. The van der Waals surface area contributed by atoms with E-state index >= 15 is 0 Å². The molecular weight excluding hydrogens is 354 g/mol. The van der Waals surface area contributed by atoms with Crippen molar-refractivity contribution in [2.45, 2.75) is 0 Å². The van der Waals surface area contributed by atoms with Crippen LogP contribution in [0.25, 0.3) is 0 Å². The number of benzene rings is 2. The Labute approximate surface area is 163 Å². The van der Waals surface area contributed by atoms with Crippen LogP contribution in [-0.2, 0) is 0 Å². The van der Waals surface area contributed by atoms with Crippen LogP contribution in [0.5, 0.6) is 5.75 Å². The molecule has 5 N–H and O–H groups in total. The fourth-order valence-electron chi connectivity index (χ4n) is 3.22. The molecule has 2 aromatic rings. The number of rotatable bonds is 6. The van der Waals surface area contributed by atoms with E-state index in [1.807, 2.05) is 17.0 Å². The molecule has 1 heterocycles. The Morgan fingerprint density at radius 2 is 1.64 bits per heavy atom. The van der Waals surface area contributed by atoms with Crippen LogP contribution in [0, 0.1) is 10.8 Å².